The van der Waals surface area contributed by atoms with E-state index >= 15 is 0 Å². The molecular formula is C18H29N11O. The summed E-state index contributed by atoms with van der Waals surface area (Å²) in [4.78, 5) is 13.0. The number of ether oxygens (including phenoxy) is 1. The van der Waals surface area contributed by atoms with E-state index in [4.69, 9.17) is 27.7 Å². The van der Waals surface area contributed by atoms with E-state index in [1.165, 1.54) is 16.5 Å². The van der Waals surface area contributed by atoms with Gasteiger partial charge in [-0.1, -0.05) is 41.5 Å². The van der Waals surface area contributed by atoms with Crippen molar-refractivity contribution in [1.29, 1.82) is 0 Å². The highest BCUT2D eigenvalue weighted by Crippen LogP contribution is 2.33. The van der Waals surface area contributed by atoms with Crippen LogP contribution in [-0.4, -0.2) is 41.6 Å². The van der Waals surface area contributed by atoms with Gasteiger partial charge in [0.2, 0.25) is 0 Å². The van der Waals surface area contributed by atoms with Crippen molar-refractivity contribution in [2.45, 2.75) is 52.4 Å². The highest BCUT2D eigenvalue weighted by Gasteiger charge is 2.28. The second-order valence-electron chi connectivity index (χ2n) is 9.04. The average Bonchev–Trinajstić information content (AvgIpc) is 3.11. The zero-order chi connectivity index (χ0) is 22.6. The number of nitrogens with zero attached hydrogens (tertiary/aromatic N) is 7. The summed E-state index contributed by atoms with van der Waals surface area (Å²) in [5, 5.41) is 9.04. The largest absolute Gasteiger partial charge is 0.467 e. The third kappa shape index (κ3) is 3.44. The number of rotatable bonds is 3. The Kier molecular flexibility index (Phi) is 4.76. The molecule has 12 nitrogen and oxygen atoms in total. The van der Waals surface area contributed by atoms with E-state index < -0.39 is 0 Å². The zero-order valence-corrected chi connectivity index (χ0v) is 18.3. The Morgan fingerprint density at radius 3 is 1.30 bits per heavy atom. The average molecular weight is 416 g/mol. The van der Waals surface area contributed by atoms with Gasteiger partial charge in [-0.2, -0.15) is 34.5 Å². The van der Waals surface area contributed by atoms with Crippen molar-refractivity contribution in [1.82, 2.24) is 34.5 Å². The van der Waals surface area contributed by atoms with Crippen LogP contribution in [0.2, 0.25) is 0 Å². The molecule has 0 fully saturated rings. The summed E-state index contributed by atoms with van der Waals surface area (Å²) in [6.45, 7) is 11.9. The van der Waals surface area contributed by atoms with Gasteiger partial charge in [-0.05, 0) is 0 Å². The molecule has 0 aromatic carbocycles. The predicted octanol–water partition coefficient (Wildman–Crippen LogP) is 1.18. The van der Waals surface area contributed by atoms with E-state index in [-0.39, 0.29) is 40.4 Å². The van der Waals surface area contributed by atoms with Gasteiger partial charge in [0.25, 0.3) is 11.9 Å². The van der Waals surface area contributed by atoms with Crippen LogP contribution < -0.4 is 27.7 Å². The van der Waals surface area contributed by atoms with Crippen molar-refractivity contribution in [2.75, 3.05) is 30.0 Å². The molecule has 0 aliphatic rings. The molecule has 3 aromatic heterocycles. The second-order valence-corrected chi connectivity index (χ2v) is 9.04. The van der Waals surface area contributed by atoms with E-state index in [1.54, 1.807) is 0 Å². The third-order valence-corrected chi connectivity index (χ3v) is 4.49. The summed E-state index contributed by atoms with van der Waals surface area (Å²) in [6, 6.07) is 0.0339. The van der Waals surface area contributed by atoms with E-state index in [2.05, 4.69) is 25.1 Å². The van der Waals surface area contributed by atoms with Crippen LogP contribution in [0.25, 0.3) is 11.9 Å². The fraction of sp³-hybridized carbons (Fsp3) is 0.500. The Hall–Kier alpha value is -3.57. The van der Waals surface area contributed by atoms with Crippen LogP contribution in [0.3, 0.4) is 0 Å². The number of hydrogen-bond donors (Lipinski definition) is 4. The quantitative estimate of drug-likeness (QED) is 0.483. The Morgan fingerprint density at radius 1 is 0.667 bits per heavy atom. The normalized spacial score (nSPS) is 12.4. The van der Waals surface area contributed by atoms with Gasteiger partial charge in [0.05, 0.1) is 29.9 Å². The molecule has 3 aromatic rings. The maximum Gasteiger partial charge on any atom is 0.322 e. The lowest BCUT2D eigenvalue weighted by molar-refractivity contribution is 0.375. The molecular weight excluding hydrogens is 386 g/mol. The maximum atomic E-state index is 6.19. The van der Waals surface area contributed by atoms with Crippen molar-refractivity contribution in [2.24, 2.45) is 0 Å². The van der Waals surface area contributed by atoms with Crippen LogP contribution in [0.4, 0.5) is 23.0 Å². The number of aromatic nitrogens is 7. The molecule has 0 spiro atoms. The predicted molar refractivity (Wildman–Crippen MR) is 116 cm³/mol. The Bertz CT molecular complexity index is 1020. The molecule has 8 N–H and O–H groups in total. The summed E-state index contributed by atoms with van der Waals surface area (Å²) >= 11 is 0. The van der Waals surface area contributed by atoms with E-state index in [0.717, 1.165) is 0 Å². The molecule has 0 aliphatic carbocycles. The second kappa shape index (κ2) is 6.75. The summed E-state index contributed by atoms with van der Waals surface area (Å²) in [7, 11) is 1.44. The van der Waals surface area contributed by atoms with Crippen LogP contribution in [0.1, 0.15) is 52.9 Å². The Balaban J connectivity index is 2.23. The van der Waals surface area contributed by atoms with Crippen LogP contribution in [0.15, 0.2) is 0 Å². The minimum absolute atomic E-state index is 0.0339. The summed E-state index contributed by atoms with van der Waals surface area (Å²) in [6.07, 6.45) is 0. The minimum atomic E-state index is -0.328. The molecule has 0 saturated carbocycles. The van der Waals surface area contributed by atoms with Crippen molar-refractivity contribution in [3.05, 3.63) is 11.4 Å². The first-order valence-corrected chi connectivity index (χ1v) is 9.35. The first-order chi connectivity index (χ1) is 13.8. The van der Waals surface area contributed by atoms with Crippen LogP contribution in [-0.2, 0) is 10.8 Å². The number of anilines is 4. The molecule has 0 amide bonds. The lowest BCUT2D eigenvalue weighted by Gasteiger charge is -2.15. The van der Waals surface area contributed by atoms with Gasteiger partial charge in [0.1, 0.15) is 0 Å². The Morgan fingerprint density at radius 2 is 1.03 bits per heavy atom. The molecule has 0 bridgehead atoms. The monoisotopic (exact) mass is 415 g/mol. The fourth-order valence-electron chi connectivity index (χ4n) is 2.92. The van der Waals surface area contributed by atoms with Gasteiger partial charge in [0.15, 0.2) is 11.6 Å². The van der Waals surface area contributed by atoms with E-state index in [9.17, 15) is 0 Å². The van der Waals surface area contributed by atoms with Crippen molar-refractivity contribution >= 4 is 23.0 Å². The van der Waals surface area contributed by atoms with Crippen LogP contribution >= 0.6 is 0 Å². The molecule has 0 radical (unpaired) electrons. The lowest BCUT2D eigenvalue weighted by Crippen LogP contribution is -2.17. The zero-order valence-electron chi connectivity index (χ0n) is 18.3. The molecule has 3 heterocycles. The van der Waals surface area contributed by atoms with Crippen LogP contribution in [0, 0.1) is 0 Å². The molecule has 0 unspecified atom stereocenters. The van der Waals surface area contributed by atoms with Crippen LogP contribution in [0.5, 0.6) is 6.01 Å². The van der Waals surface area contributed by atoms with Crippen molar-refractivity contribution in [3.63, 3.8) is 0 Å². The number of nitrogen functional groups attached to an aromatic ring is 4. The summed E-state index contributed by atoms with van der Waals surface area (Å²) < 4.78 is 7.93. The van der Waals surface area contributed by atoms with Gasteiger partial charge in [-0.3, -0.25) is 0 Å². The standard InChI is InChI=1S/C18H29N11O/c1-17(2,3)10-8(19)12(21)28(26-10)14-23-15(25-16(24-14)30-7)29-13(22)9(20)11(27-29)18(4,5)6/h19-22H2,1-7H3. The van der Waals surface area contributed by atoms with Gasteiger partial charge in [0, 0.05) is 10.8 Å². The molecule has 12 heteroatoms. The first kappa shape index (κ1) is 21.1. The SMILES string of the molecule is COc1nc(-n2nc(C(C)(C)C)c(N)c2N)nc(-n2nc(C(C)(C)C)c(N)c2N)n1. The van der Waals surface area contributed by atoms with Gasteiger partial charge in [-0.15, -0.1) is 0 Å². The highest BCUT2D eigenvalue weighted by atomic mass is 16.5. The lowest BCUT2D eigenvalue weighted by atomic mass is 9.91. The molecule has 3 rings (SSSR count). The fourth-order valence-corrected chi connectivity index (χ4v) is 2.92. The molecule has 0 atom stereocenters. The molecule has 162 valence electrons. The van der Waals surface area contributed by atoms with Gasteiger partial charge >= 0.3 is 6.01 Å². The van der Waals surface area contributed by atoms with Crippen molar-refractivity contribution < 1.29 is 4.74 Å². The molecule has 0 aliphatic heterocycles. The first-order valence-electron chi connectivity index (χ1n) is 9.35. The third-order valence-electron chi connectivity index (χ3n) is 4.49. The van der Waals surface area contributed by atoms with E-state index in [0.29, 0.717) is 22.8 Å². The van der Waals surface area contributed by atoms with E-state index in [1.807, 2.05) is 41.5 Å². The van der Waals surface area contributed by atoms with Gasteiger partial charge < -0.3 is 27.7 Å². The highest BCUT2D eigenvalue weighted by molar-refractivity contribution is 5.66. The molecule has 0 saturated heterocycles. The minimum Gasteiger partial charge on any atom is -0.467 e. The smallest absolute Gasteiger partial charge is 0.322 e. The Labute approximate surface area is 174 Å². The molecule has 30 heavy (non-hydrogen) atoms. The number of methoxy groups -OCH3 is 1. The maximum absolute atomic E-state index is 6.19. The van der Waals surface area contributed by atoms with Gasteiger partial charge in [-0.25, -0.2) is 0 Å². The topological polar surface area (TPSA) is 188 Å². The van der Waals surface area contributed by atoms with Crippen molar-refractivity contribution in [3.8, 4) is 17.9 Å². The number of nitrogens with two attached hydrogens (primary N) is 4. The number of hydrogen-bond acceptors (Lipinski definition) is 10. The summed E-state index contributed by atoms with van der Waals surface area (Å²) in [5.41, 5.74) is 26.1. The summed E-state index contributed by atoms with van der Waals surface area (Å²) in [5.74, 6) is 0.648.